The fourth-order valence-corrected chi connectivity index (χ4v) is 1.15. The lowest BCUT2D eigenvalue weighted by Gasteiger charge is -1.92. The molecule has 0 saturated carbocycles. The van der Waals surface area contributed by atoms with E-state index in [4.69, 9.17) is 5.73 Å². The van der Waals surface area contributed by atoms with Crippen LogP contribution in [0.5, 0.6) is 0 Å². The summed E-state index contributed by atoms with van der Waals surface area (Å²) in [5, 5.41) is 0. The Balaban J connectivity index is 2.59. The SMILES string of the molecule is NC(=O)CC=Cc1ccc(Br)cc1. The van der Waals surface area contributed by atoms with E-state index >= 15 is 0 Å². The van der Waals surface area contributed by atoms with E-state index in [1.807, 2.05) is 30.3 Å². The molecule has 0 bridgehead atoms. The molecule has 0 heterocycles. The fraction of sp³-hybridized carbons (Fsp3) is 0.100. The van der Waals surface area contributed by atoms with Gasteiger partial charge in [0.1, 0.15) is 0 Å². The largest absolute Gasteiger partial charge is 0.369 e. The van der Waals surface area contributed by atoms with Crippen LogP contribution in [0.3, 0.4) is 0 Å². The molecule has 0 radical (unpaired) electrons. The zero-order valence-electron chi connectivity index (χ0n) is 7.03. The number of primary amides is 1. The number of carbonyl (C=O) groups excluding carboxylic acids is 1. The number of hydrogen-bond acceptors (Lipinski definition) is 1. The average Bonchev–Trinajstić information content (AvgIpc) is 2.08. The van der Waals surface area contributed by atoms with Gasteiger partial charge in [-0.25, -0.2) is 0 Å². The number of benzene rings is 1. The topological polar surface area (TPSA) is 43.1 Å². The first-order chi connectivity index (χ1) is 6.18. The molecular formula is C10H10BrNO. The summed E-state index contributed by atoms with van der Waals surface area (Å²) in [6, 6.07) is 7.82. The summed E-state index contributed by atoms with van der Waals surface area (Å²) >= 11 is 3.34. The smallest absolute Gasteiger partial charge is 0.221 e. The van der Waals surface area contributed by atoms with E-state index in [0.717, 1.165) is 10.0 Å². The van der Waals surface area contributed by atoms with Gasteiger partial charge in [0.2, 0.25) is 5.91 Å². The van der Waals surface area contributed by atoms with Crippen LogP contribution in [0.25, 0.3) is 6.08 Å². The Labute approximate surface area is 85.6 Å². The van der Waals surface area contributed by atoms with Gasteiger partial charge in [0.05, 0.1) is 0 Å². The highest BCUT2D eigenvalue weighted by atomic mass is 79.9. The third-order valence-electron chi connectivity index (χ3n) is 1.50. The lowest BCUT2D eigenvalue weighted by atomic mass is 10.2. The minimum atomic E-state index is -0.312. The van der Waals surface area contributed by atoms with Crippen LogP contribution < -0.4 is 5.73 Å². The van der Waals surface area contributed by atoms with Crippen molar-refractivity contribution < 1.29 is 4.79 Å². The van der Waals surface area contributed by atoms with Crippen molar-refractivity contribution in [1.82, 2.24) is 0 Å². The Morgan fingerprint density at radius 3 is 2.54 bits per heavy atom. The molecule has 68 valence electrons. The van der Waals surface area contributed by atoms with Gasteiger partial charge in [-0.1, -0.05) is 40.2 Å². The number of amides is 1. The molecule has 0 unspecified atom stereocenters. The molecule has 1 aromatic rings. The van der Waals surface area contributed by atoms with Crippen molar-refractivity contribution in [2.75, 3.05) is 0 Å². The first kappa shape index (κ1) is 9.99. The molecule has 0 spiro atoms. The molecular weight excluding hydrogens is 230 g/mol. The van der Waals surface area contributed by atoms with Gasteiger partial charge in [0, 0.05) is 10.9 Å². The van der Waals surface area contributed by atoms with Gasteiger partial charge in [-0.15, -0.1) is 0 Å². The molecule has 0 fully saturated rings. The Kier molecular flexibility index (Phi) is 3.71. The zero-order valence-corrected chi connectivity index (χ0v) is 8.62. The Morgan fingerprint density at radius 2 is 2.00 bits per heavy atom. The summed E-state index contributed by atoms with van der Waals surface area (Å²) in [5.74, 6) is -0.312. The van der Waals surface area contributed by atoms with Gasteiger partial charge in [-0.3, -0.25) is 4.79 Å². The third-order valence-corrected chi connectivity index (χ3v) is 2.03. The van der Waals surface area contributed by atoms with Crippen LogP contribution in [-0.4, -0.2) is 5.91 Å². The fourth-order valence-electron chi connectivity index (χ4n) is 0.885. The van der Waals surface area contributed by atoms with Crippen LogP contribution in [0.2, 0.25) is 0 Å². The van der Waals surface area contributed by atoms with Crippen molar-refractivity contribution in [3.8, 4) is 0 Å². The maximum Gasteiger partial charge on any atom is 0.221 e. The Morgan fingerprint density at radius 1 is 1.38 bits per heavy atom. The highest BCUT2D eigenvalue weighted by Gasteiger charge is 1.89. The highest BCUT2D eigenvalue weighted by molar-refractivity contribution is 9.10. The van der Waals surface area contributed by atoms with Crippen molar-refractivity contribution in [2.24, 2.45) is 5.73 Å². The second-order valence-corrected chi connectivity index (χ2v) is 3.54. The van der Waals surface area contributed by atoms with Crippen LogP contribution in [-0.2, 0) is 4.79 Å². The molecule has 1 aromatic carbocycles. The maximum absolute atomic E-state index is 10.4. The first-order valence-corrected chi connectivity index (χ1v) is 4.68. The number of carbonyl (C=O) groups is 1. The number of hydrogen-bond donors (Lipinski definition) is 1. The molecule has 2 nitrogen and oxygen atoms in total. The molecule has 0 aliphatic heterocycles. The number of nitrogens with two attached hydrogens (primary N) is 1. The first-order valence-electron chi connectivity index (χ1n) is 3.89. The van der Waals surface area contributed by atoms with Crippen LogP contribution in [0.1, 0.15) is 12.0 Å². The summed E-state index contributed by atoms with van der Waals surface area (Å²) in [6.07, 6.45) is 3.92. The van der Waals surface area contributed by atoms with Crippen LogP contribution in [0.4, 0.5) is 0 Å². The molecule has 1 amide bonds. The second kappa shape index (κ2) is 4.82. The van der Waals surface area contributed by atoms with Gasteiger partial charge in [0.15, 0.2) is 0 Å². The van der Waals surface area contributed by atoms with Crippen LogP contribution >= 0.6 is 15.9 Å². The number of rotatable bonds is 3. The van der Waals surface area contributed by atoms with E-state index in [-0.39, 0.29) is 12.3 Å². The summed E-state index contributed by atoms with van der Waals surface area (Å²) in [4.78, 5) is 10.4. The van der Waals surface area contributed by atoms with Gasteiger partial charge < -0.3 is 5.73 Å². The molecule has 3 heteroatoms. The quantitative estimate of drug-likeness (QED) is 0.865. The highest BCUT2D eigenvalue weighted by Crippen LogP contribution is 2.11. The predicted molar refractivity (Wildman–Crippen MR) is 57.0 cm³/mol. The van der Waals surface area contributed by atoms with E-state index in [1.54, 1.807) is 6.08 Å². The molecule has 2 N–H and O–H groups in total. The standard InChI is InChI=1S/C10H10BrNO/c11-9-6-4-8(5-7-9)2-1-3-10(12)13/h1-2,4-7H,3H2,(H2,12,13). The summed E-state index contributed by atoms with van der Waals surface area (Å²) < 4.78 is 1.04. The minimum absolute atomic E-state index is 0.288. The predicted octanol–water partition coefficient (Wildman–Crippen LogP) is 2.34. The molecule has 1 rings (SSSR count). The maximum atomic E-state index is 10.4. The molecule has 0 aliphatic rings. The van der Waals surface area contributed by atoms with Crippen LogP contribution in [0, 0.1) is 0 Å². The van der Waals surface area contributed by atoms with Gasteiger partial charge in [-0.2, -0.15) is 0 Å². The van der Waals surface area contributed by atoms with Gasteiger partial charge in [0.25, 0.3) is 0 Å². The normalized spacial score (nSPS) is 10.5. The zero-order chi connectivity index (χ0) is 9.68. The van der Waals surface area contributed by atoms with E-state index in [9.17, 15) is 4.79 Å². The summed E-state index contributed by atoms with van der Waals surface area (Å²) in [6.45, 7) is 0. The van der Waals surface area contributed by atoms with Crippen LogP contribution in [0.15, 0.2) is 34.8 Å². The average molecular weight is 240 g/mol. The van der Waals surface area contributed by atoms with Gasteiger partial charge in [-0.05, 0) is 17.7 Å². The number of halogens is 1. The van der Waals surface area contributed by atoms with Crippen molar-refractivity contribution in [3.05, 3.63) is 40.4 Å². The Hall–Kier alpha value is -1.09. The van der Waals surface area contributed by atoms with E-state index in [1.165, 1.54) is 0 Å². The summed E-state index contributed by atoms with van der Waals surface area (Å²) in [7, 11) is 0. The molecule has 0 atom stereocenters. The molecule has 13 heavy (non-hydrogen) atoms. The third kappa shape index (κ3) is 3.90. The molecule has 0 aromatic heterocycles. The van der Waals surface area contributed by atoms with Crippen molar-refractivity contribution in [1.29, 1.82) is 0 Å². The lowest BCUT2D eigenvalue weighted by Crippen LogP contribution is -2.07. The summed E-state index contributed by atoms with van der Waals surface area (Å²) in [5.41, 5.74) is 6.04. The van der Waals surface area contributed by atoms with E-state index < -0.39 is 0 Å². The van der Waals surface area contributed by atoms with Crippen molar-refractivity contribution in [3.63, 3.8) is 0 Å². The van der Waals surface area contributed by atoms with Crippen molar-refractivity contribution >= 4 is 27.9 Å². The van der Waals surface area contributed by atoms with E-state index in [2.05, 4.69) is 15.9 Å². The van der Waals surface area contributed by atoms with E-state index in [0.29, 0.717) is 0 Å². The monoisotopic (exact) mass is 239 g/mol. The minimum Gasteiger partial charge on any atom is -0.369 e. The van der Waals surface area contributed by atoms with Gasteiger partial charge >= 0.3 is 0 Å². The second-order valence-electron chi connectivity index (χ2n) is 2.62. The molecule has 0 saturated heterocycles. The Bertz CT molecular complexity index is 316. The lowest BCUT2D eigenvalue weighted by molar-refractivity contribution is -0.117. The molecule has 0 aliphatic carbocycles. The van der Waals surface area contributed by atoms with Crippen molar-refractivity contribution in [2.45, 2.75) is 6.42 Å².